The molecule has 5 nitrogen and oxygen atoms in total. The van der Waals surface area contributed by atoms with Crippen LogP contribution in [0.15, 0.2) is 21.5 Å². The molecule has 1 rings (SSSR count). The number of nitrogen functional groups attached to an aromatic ring is 1. The molecule has 0 aliphatic carbocycles. The summed E-state index contributed by atoms with van der Waals surface area (Å²) in [7, 11) is -4.03. The van der Waals surface area contributed by atoms with E-state index in [0.717, 1.165) is 12.1 Å². The SMILES string of the molecule is C[C@@H](CO)NS(=O)(=O)c1cc(N)c(Br)cc1F. The van der Waals surface area contributed by atoms with Gasteiger partial charge in [-0.15, -0.1) is 0 Å². The second-order valence-corrected chi connectivity index (χ2v) is 6.05. The van der Waals surface area contributed by atoms with Gasteiger partial charge in [0.15, 0.2) is 0 Å². The van der Waals surface area contributed by atoms with Gasteiger partial charge in [0.25, 0.3) is 0 Å². The number of hydrogen-bond acceptors (Lipinski definition) is 4. The summed E-state index contributed by atoms with van der Waals surface area (Å²) in [6, 6.07) is 1.29. The number of rotatable bonds is 4. The van der Waals surface area contributed by atoms with Gasteiger partial charge in [0.1, 0.15) is 10.7 Å². The smallest absolute Gasteiger partial charge is 0.243 e. The Hall–Kier alpha value is -0.700. The third kappa shape index (κ3) is 3.38. The average molecular weight is 327 g/mol. The van der Waals surface area contributed by atoms with E-state index in [4.69, 9.17) is 10.8 Å². The first-order chi connectivity index (χ1) is 7.77. The molecule has 0 unspecified atom stereocenters. The maximum absolute atomic E-state index is 13.5. The molecule has 0 aromatic heterocycles. The summed E-state index contributed by atoms with van der Waals surface area (Å²) < 4.78 is 39.4. The van der Waals surface area contributed by atoms with Gasteiger partial charge in [-0.05, 0) is 35.0 Å². The molecule has 4 N–H and O–H groups in total. The predicted molar refractivity (Wildman–Crippen MR) is 65.4 cm³/mol. The molecule has 0 aliphatic rings. The van der Waals surface area contributed by atoms with Crippen LogP contribution in [0.5, 0.6) is 0 Å². The van der Waals surface area contributed by atoms with Crippen LogP contribution >= 0.6 is 15.9 Å². The van der Waals surface area contributed by atoms with Crippen LogP contribution in [0.25, 0.3) is 0 Å². The highest BCUT2D eigenvalue weighted by molar-refractivity contribution is 9.10. The van der Waals surface area contributed by atoms with Crippen LogP contribution in [0.3, 0.4) is 0 Å². The highest BCUT2D eigenvalue weighted by atomic mass is 79.9. The van der Waals surface area contributed by atoms with E-state index in [9.17, 15) is 12.8 Å². The first kappa shape index (κ1) is 14.4. The minimum Gasteiger partial charge on any atom is -0.398 e. The molecule has 8 heteroatoms. The Labute approximate surface area is 107 Å². The number of sulfonamides is 1. The van der Waals surface area contributed by atoms with Crippen molar-refractivity contribution in [3.05, 3.63) is 22.4 Å². The van der Waals surface area contributed by atoms with E-state index in [1.807, 2.05) is 0 Å². The van der Waals surface area contributed by atoms with Crippen molar-refractivity contribution < 1.29 is 17.9 Å². The summed E-state index contributed by atoms with van der Waals surface area (Å²) in [5.74, 6) is -0.913. The van der Waals surface area contributed by atoms with Crippen molar-refractivity contribution in [1.29, 1.82) is 0 Å². The lowest BCUT2D eigenvalue weighted by molar-refractivity contribution is 0.265. The van der Waals surface area contributed by atoms with E-state index in [2.05, 4.69) is 20.7 Å². The van der Waals surface area contributed by atoms with Crippen LogP contribution in [-0.2, 0) is 10.0 Å². The van der Waals surface area contributed by atoms with Gasteiger partial charge in [0.05, 0.1) is 6.61 Å². The van der Waals surface area contributed by atoms with Gasteiger partial charge in [-0.25, -0.2) is 17.5 Å². The zero-order valence-electron chi connectivity index (χ0n) is 8.94. The minimum atomic E-state index is -4.03. The van der Waals surface area contributed by atoms with Gasteiger partial charge in [-0.3, -0.25) is 0 Å². The zero-order valence-corrected chi connectivity index (χ0v) is 11.3. The molecule has 96 valence electrons. The lowest BCUT2D eigenvalue weighted by atomic mass is 10.3. The molecule has 0 saturated heterocycles. The second-order valence-electron chi connectivity index (χ2n) is 3.51. The number of nitrogens with two attached hydrogens (primary N) is 1. The maximum Gasteiger partial charge on any atom is 0.243 e. The molecule has 0 amide bonds. The number of halogens is 2. The van der Waals surface area contributed by atoms with Gasteiger partial charge < -0.3 is 10.8 Å². The number of nitrogens with one attached hydrogen (secondary N) is 1. The largest absolute Gasteiger partial charge is 0.398 e. The molecule has 17 heavy (non-hydrogen) atoms. The van der Waals surface area contributed by atoms with E-state index in [1.54, 1.807) is 0 Å². The van der Waals surface area contributed by atoms with Gasteiger partial charge in [0, 0.05) is 16.2 Å². The molecule has 0 bridgehead atoms. The van der Waals surface area contributed by atoms with Crippen LogP contribution in [0.1, 0.15) is 6.92 Å². The van der Waals surface area contributed by atoms with E-state index in [-0.39, 0.29) is 16.8 Å². The summed E-state index contributed by atoms with van der Waals surface area (Å²) in [5.41, 5.74) is 5.61. The van der Waals surface area contributed by atoms with Crippen LogP contribution in [0.4, 0.5) is 10.1 Å². The summed E-state index contributed by atoms with van der Waals surface area (Å²) in [6.45, 7) is 1.07. The van der Waals surface area contributed by atoms with Crippen molar-refractivity contribution >= 4 is 31.6 Å². The monoisotopic (exact) mass is 326 g/mol. The Morgan fingerprint density at radius 2 is 2.18 bits per heavy atom. The topological polar surface area (TPSA) is 92.4 Å². The number of benzene rings is 1. The molecule has 1 aromatic carbocycles. The molecule has 0 radical (unpaired) electrons. The number of hydrogen-bond donors (Lipinski definition) is 3. The Morgan fingerprint density at radius 3 is 2.71 bits per heavy atom. The molecule has 0 heterocycles. The minimum absolute atomic E-state index is 0.114. The standard InChI is InChI=1S/C9H12BrFN2O3S/c1-5(4-14)13-17(15,16)9-3-8(12)6(10)2-7(9)11/h2-3,5,13-14H,4,12H2,1H3/t5-/m0/s1. The average Bonchev–Trinajstić information content (AvgIpc) is 2.22. The molecule has 1 atom stereocenters. The molecule has 0 aliphatic heterocycles. The van der Waals surface area contributed by atoms with Gasteiger partial charge >= 0.3 is 0 Å². The third-order valence-electron chi connectivity index (χ3n) is 1.97. The molecular formula is C9H12BrFN2O3S. The Balaban J connectivity index is 3.20. The zero-order chi connectivity index (χ0) is 13.2. The summed E-state index contributed by atoms with van der Waals surface area (Å²) in [4.78, 5) is -0.543. The van der Waals surface area contributed by atoms with Crippen molar-refractivity contribution in [3.63, 3.8) is 0 Å². The van der Waals surface area contributed by atoms with Crippen molar-refractivity contribution in [1.82, 2.24) is 4.72 Å². The molecule has 1 aromatic rings. The summed E-state index contributed by atoms with van der Waals surface area (Å²) >= 11 is 2.99. The lowest BCUT2D eigenvalue weighted by Crippen LogP contribution is -2.35. The van der Waals surface area contributed by atoms with Crippen molar-refractivity contribution in [2.24, 2.45) is 0 Å². The van der Waals surface area contributed by atoms with Crippen LogP contribution in [0, 0.1) is 5.82 Å². The summed E-state index contributed by atoms with van der Waals surface area (Å²) in [6.07, 6.45) is 0. The van der Waals surface area contributed by atoms with Gasteiger partial charge in [-0.1, -0.05) is 0 Å². The van der Waals surface area contributed by atoms with Crippen molar-refractivity contribution in [2.45, 2.75) is 17.9 Å². The fourth-order valence-electron chi connectivity index (χ4n) is 1.12. The van der Waals surface area contributed by atoms with Crippen LogP contribution in [-0.4, -0.2) is 26.2 Å². The van der Waals surface area contributed by atoms with Crippen LogP contribution in [0.2, 0.25) is 0 Å². The normalized spacial score (nSPS) is 13.6. The predicted octanol–water partition coefficient (Wildman–Crippen LogP) is 0.830. The highest BCUT2D eigenvalue weighted by Gasteiger charge is 2.22. The lowest BCUT2D eigenvalue weighted by Gasteiger charge is -2.12. The van der Waals surface area contributed by atoms with Crippen LogP contribution < -0.4 is 10.5 Å². The molecule has 0 spiro atoms. The van der Waals surface area contributed by atoms with Gasteiger partial charge in [0.2, 0.25) is 10.0 Å². The molecule has 0 fully saturated rings. The van der Waals surface area contributed by atoms with E-state index >= 15 is 0 Å². The molecule has 0 saturated carbocycles. The third-order valence-corrected chi connectivity index (χ3v) is 4.26. The second kappa shape index (κ2) is 5.30. The Morgan fingerprint density at radius 1 is 1.59 bits per heavy atom. The highest BCUT2D eigenvalue weighted by Crippen LogP contribution is 2.26. The number of aliphatic hydroxyl groups is 1. The van der Waals surface area contributed by atoms with Gasteiger partial charge in [-0.2, -0.15) is 0 Å². The van der Waals surface area contributed by atoms with Crippen molar-refractivity contribution in [2.75, 3.05) is 12.3 Å². The Kier molecular flexibility index (Phi) is 4.48. The fourth-order valence-corrected chi connectivity index (χ4v) is 2.76. The van der Waals surface area contributed by atoms with Crippen molar-refractivity contribution in [3.8, 4) is 0 Å². The first-order valence-electron chi connectivity index (χ1n) is 4.65. The number of aliphatic hydroxyl groups excluding tert-OH is 1. The fraction of sp³-hybridized carbons (Fsp3) is 0.333. The number of anilines is 1. The van der Waals surface area contributed by atoms with E-state index in [1.165, 1.54) is 6.92 Å². The van der Waals surface area contributed by atoms with E-state index < -0.39 is 26.8 Å². The Bertz CT molecular complexity index is 521. The maximum atomic E-state index is 13.5. The quantitative estimate of drug-likeness (QED) is 0.714. The first-order valence-corrected chi connectivity index (χ1v) is 6.93. The van der Waals surface area contributed by atoms with E-state index in [0.29, 0.717) is 0 Å². The molecular weight excluding hydrogens is 315 g/mol. The summed E-state index contributed by atoms with van der Waals surface area (Å²) in [5, 5.41) is 8.76.